The predicted octanol–water partition coefficient (Wildman–Crippen LogP) is 3.91. The first-order chi connectivity index (χ1) is 14.8. The number of aromatic nitrogens is 3. The lowest BCUT2D eigenvalue weighted by atomic mass is 10.2. The van der Waals surface area contributed by atoms with E-state index < -0.39 is 0 Å². The topological polar surface area (TPSA) is 85.9 Å². The number of benzene rings is 1. The summed E-state index contributed by atoms with van der Waals surface area (Å²) < 4.78 is 0. The third-order valence-electron chi connectivity index (χ3n) is 5.20. The number of likely N-dealkylation sites (tertiary alicyclic amines) is 1. The van der Waals surface area contributed by atoms with Crippen molar-refractivity contribution in [3.8, 4) is 10.7 Å². The van der Waals surface area contributed by atoms with Crippen molar-refractivity contribution in [1.29, 1.82) is 0 Å². The number of aromatic amines is 1. The van der Waals surface area contributed by atoms with Crippen LogP contribution in [0.25, 0.3) is 10.7 Å². The molecule has 4 rings (SSSR count). The number of hydrogen-bond acceptors (Lipinski definition) is 5. The smallest absolute Gasteiger partial charge is 0.315 e. The molecule has 1 fully saturated rings. The van der Waals surface area contributed by atoms with Crippen LogP contribution in [0.1, 0.15) is 41.9 Å². The molecule has 3 heterocycles. The highest BCUT2D eigenvalue weighted by atomic mass is 32.1. The second kappa shape index (κ2) is 10.4. The van der Waals surface area contributed by atoms with Gasteiger partial charge in [-0.3, -0.25) is 10.00 Å². The highest BCUT2D eigenvalue weighted by Crippen LogP contribution is 2.27. The fourth-order valence-corrected chi connectivity index (χ4v) is 4.57. The fourth-order valence-electron chi connectivity index (χ4n) is 3.59. The fraction of sp³-hybridized carbons (Fsp3) is 0.409. The Bertz CT molecular complexity index is 930. The first kappa shape index (κ1) is 20.6. The number of H-pyrrole nitrogens is 1. The standard InChI is InChI=1S/C22H28N6OS/c29-22(23-14-17-8-4-3-5-9-17)24-15-20-25-21(27-26-20)19-11-10-18(30-19)16-28-12-6-1-2-7-13-28/h3-5,8-11H,1-2,6-7,12-16H2,(H2,23,24,29)(H,25,26,27). The summed E-state index contributed by atoms with van der Waals surface area (Å²) in [5.41, 5.74) is 1.06. The van der Waals surface area contributed by atoms with Crippen molar-refractivity contribution in [1.82, 2.24) is 30.7 Å². The summed E-state index contributed by atoms with van der Waals surface area (Å²) in [6.45, 7) is 4.18. The van der Waals surface area contributed by atoms with Crippen LogP contribution in [0.2, 0.25) is 0 Å². The van der Waals surface area contributed by atoms with E-state index in [0.717, 1.165) is 17.0 Å². The van der Waals surface area contributed by atoms with Crippen LogP contribution in [-0.4, -0.2) is 39.2 Å². The van der Waals surface area contributed by atoms with Crippen LogP contribution >= 0.6 is 11.3 Å². The van der Waals surface area contributed by atoms with Gasteiger partial charge in [0.25, 0.3) is 0 Å². The Kier molecular flexibility index (Phi) is 7.10. The van der Waals surface area contributed by atoms with E-state index in [1.807, 2.05) is 30.3 Å². The van der Waals surface area contributed by atoms with E-state index in [2.05, 4.69) is 42.8 Å². The molecule has 1 aliphatic rings. The molecule has 3 N–H and O–H groups in total. The Hall–Kier alpha value is -2.71. The van der Waals surface area contributed by atoms with Crippen LogP contribution in [0.15, 0.2) is 42.5 Å². The van der Waals surface area contributed by atoms with Crippen molar-refractivity contribution < 1.29 is 4.79 Å². The van der Waals surface area contributed by atoms with Gasteiger partial charge in [-0.05, 0) is 43.6 Å². The van der Waals surface area contributed by atoms with Crippen molar-refractivity contribution in [2.75, 3.05) is 13.1 Å². The molecule has 2 amide bonds. The summed E-state index contributed by atoms with van der Waals surface area (Å²) in [5, 5.41) is 12.9. The molecule has 0 bridgehead atoms. The summed E-state index contributed by atoms with van der Waals surface area (Å²) in [6.07, 6.45) is 5.30. The molecule has 30 heavy (non-hydrogen) atoms. The van der Waals surface area contributed by atoms with E-state index in [1.165, 1.54) is 43.6 Å². The first-order valence-electron chi connectivity index (χ1n) is 10.5. The second-order valence-corrected chi connectivity index (χ2v) is 8.75. The average molecular weight is 425 g/mol. The summed E-state index contributed by atoms with van der Waals surface area (Å²) in [4.78, 5) is 21.5. The number of carbonyl (C=O) groups excluding carboxylic acids is 1. The normalized spacial score (nSPS) is 14.9. The zero-order chi connectivity index (χ0) is 20.6. The van der Waals surface area contributed by atoms with Crippen molar-refractivity contribution >= 4 is 17.4 Å². The molecule has 1 saturated heterocycles. The van der Waals surface area contributed by atoms with Crippen molar-refractivity contribution in [3.63, 3.8) is 0 Å². The largest absolute Gasteiger partial charge is 0.334 e. The average Bonchev–Trinajstić information content (AvgIpc) is 3.36. The number of carbonyl (C=O) groups is 1. The first-order valence-corrected chi connectivity index (χ1v) is 11.4. The molecule has 0 saturated carbocycles. The minimum Gasteiger partial charge on any atom is -0.334 e. The molecule has 158 valence electrons. The molecular formula is C22H28N6OS. The molecule has 0 atom stereocenters. The van der Waals surface area contributed by atoms with Gasteiger partial charge in [-0.15, -0.1) is 11.3 Å². The number of hydrogen-bond donors (Lipinski definition) is 3. The molecule has 7 nitrogen and oxygen atoms in total. The molecular weight excluding hydrogens is 396 g/mol. The molecule has 1 aliphatic heterocycles. The molecule has 0 radical (unpaired) electrons. The Morgan fingerprint density at radius 3 is 2.57 bits per heavy atom. The second-order valence-electron chi connectivity index (χ2n) is 7.58. The third kappa shape index (κ3) is 5.90. The lowest BCUT2D eigenvalue weighted by Gasteiger charge is -2.18. The van der Waals surface area contributed by atoms with Gasteiger partial charge in [0, 0.05) is 18.0 Å². The molecule has 0 spiro atoms. The lowest BCUT2D eigenvalue weighted by molar-refractivity contribution is 0.240. The maximum absolute atomic E-state index is 12.0. The van der Waals surface area contributed by atoms with Gasteiger partial charge in [0.2, 0.25) is 0 Å². The summed E-state index contributed by atoms with van der Waals surface area (Å²) in [5.74, 6) is 1.32. The Morgan fingerprint density at radius 1 is 1.00 bits per heavy atom. The summed E-state index contributed by atoms with van der Waals surface area (Å²) in [7, 11) is 0. The molecule has 3 aromatic rings. The number of thiophene rings is 1. The van der Waals surface area contributed by atoms with E-state index in [-0.39, 0.29) is 6.03 Å². The zero-order valence-electron chi connectivity index (χ0n) is 17.1. The minimum absolute atomic E-state index is 0.229. The number of urea groups is 1. The van der Waals surface area contributed by atoms with Crippen LogP contribution < -0.4 is 10.6 Å². The lowest BCUT2D eigenvalue weighted by Crippen LogP contribution is -2.34. The van der Waals surface area contributed by atoms with Crippen LogP contribution in [0, 0.1) is 0 Å². The third-order valence-corrected chi connectivity index (χ3v) is 6.27. The molecule has 1 aromatic carbocycles. The number of amides is 2. The van der Waals surface area contributed by atoms with Gasteiger partial charge in [0.15, 0.2) is 5.82 Å². The Morgan fingerprint density at radius 2 is 1.77 bits per heavy atom. The van der Waals surface area contributed by atoms with Crippen molar-refractivity contribution in [3.05, 3.63) is 58.7 Å². The van der Waals surface area contributed by atoms with E-state index in [9.17, 15) is 4.79 Å². The van der Waals surface area contributed by atoms with Crippen LogP contribution in [-0.2, 0) is 19.6 Å². The van der Waals surface area contributed by atoms with Gasteiger partial charge in [0.1, 0.15) is 5.82 Å². The SMILES string of the molecule is O=C(NCc1ccccc1)NCc1nc(-c2ccc(CN3CCCCCC3)s2)n[nH]1. The van der Waals surface area contributed by atoms with Crippen molar-refractivity contribution in [2.24, 2.45) is 0 Å². The molecule has 0 unspecified atom stereocenters. The van der Waals surface area contributed by atoms with Crippen molar-refractivity contribution in [2.45, 2.75) is 45.3 Å². The quantitative estimate of drug-likeness (QED) is 0.537. The molecule has 8 heteroatoms. The summed E-state index contributed by atoms with van der Waals surface area (Å²) in [6, 6.07) is 13.9. The van der Waals surface area contributed by atoms with Gasteiger partial charge in [-0.2, -0.15) is 5.10 Å². The highest BCUT2D eigenvalue weighted by Gasteiger charge is 2.13. The van der Waals surface area contributed by atoms with E-state index in [1.54, 1.807) is 11.3 Å². The van der Waals surface area contributed by atoms with E-state index >= 15 is 0 Å². The van der Waals surface area contributed by atoms with Gasteiger partial charge in [0.05, 0.1) is 11.4 Å². The maximum atomic E-state index is 12.0. The number of nitrogens with zero attached hydrogens (tertiary/aromatic N) is 3. The van der Waals surface area contributed by atoms with Gasteiger partial charge in [-0.1, -0.05) is 43.2 Å². The maximum Gasteiger partial charge on any atom is 0.315 e. The number of nitrogens with one attached hydrogen (secondary N) is 3. The van der Waals surface area contributed by atoms with Crippen LogP contribution in [0.3, 0.4) is 0 Å². The minimum atomic E-state index is -0.229. The van der Waals surface area contributed by atoms with Crippen LogP contribution in [0.5, 0.6) is 0 Å². The van der Waals surface area contributed by atoms with Gasteiger partial charge >= 0.3 is 6.03 Å². The monoisotopic (exact) mass is 424 g/mol. The predicted molar refractivity (Wildman–Crippen MR) is 119 cm³/mol. The number of rotatable bonds is 7. The van der Waals surface area contributed by atoms with E-state index in [0.29, 0.717) is 24.7 Å². The Balaban J connectivity index is 1.25. The summed E-state index contributed by atoms with van der Waals surface area (Å²) >= 11 is 1.74. The van der Waals surface area contributed by atoms with Gasteiger partial charge in [-0.25, -0.2) is 9.78 Å². The van der Waals surface area contributed by atoms with Gasteiger partial charge < -0.3 is 10.6 Å². The molecule has 0 aliphatic carbocycles. The van der Waals surface area contributed by atoms with E-state index in [4.69, 9.17) is 0 Å². The van der Waals surface area contributed by atoms with Crippen LogP contribution in [0.4, 0.5) is 4.79 Å². The highest BCUT2D eigenvalue weighted by molar-refractivity contribution is 7.15. The molecule has 2 aromatic heterocycles. The Labute approximate surface area is 180 Å². The zero-order valence-corrected chi connectivity index (χ0v) is 17.9.